The molecule has 1 aliphatic heterocycles. The Labute approximate surface area is 150 Å². The largest absolute Gasteiger partial charge is 0.480 e. The molecule has 1 unspecified atom stereocenters. The number of hydrogen-bond acceptors (Lipinski definition) is 4. The number of urea groups is 1. The van der Waals surface area contributed by atoms with Gasteiger partial charge in [0.05, 0.1) is 19.3 Å². The number of allylic oxidation sites excluding steroid dienone is 1. The van der Waals surface area contributed by atoms with E-state index in [0.717, 1.165) is 19.3 Å². The number of nitrogens with zero attached hydrogens (tertiary/aromatic N) is 2. The molecule has 2 rings (SSSR count). The van der Waals surface area contributed by atoms with Crippen LogP contribution in [0.4, 0.5) is 4.79 Å². The van der Waals surface area contributed by atoms with Gasteiger partial charge in [0.25, 0.3) is 0 Å². The standard InChI is InChI=1S/C18H31N3O4/c1-20(14-17(22)23)12-16-13-21(10-11-25-16)18(24)19-9-8-15-6-4-2-3-5-7-15/h6,16H,2-5,7-14H2,1H3,(H,19,24)(H,22,23). The van der Waals surface area contributed by atoms with Gasteiger partial charge in [-0.2, -0.15) is 0 Å². The Morgan fingerprint density at radius 1 is 1.40 bits per heavy atom. The summed E-state index contributed by atoms with van der Waals surface area (Å²) in [4.78, 5) is 26.6. The number of hydrogen-bond donors (Lipinski definition) is 2. The number of carbonyl (C=O) groups excluding carboxylic acids is 1. The van der Waals surface area contributed by atoms with E-state index in [1.54, 1.807) is 16.8 Å². The monoisotopic (exact) mass is 353 g/mol. The molecule has 1 atom stereocenters. The molecule has 0 radical (unpaired) electrons. The van der Waals surface area contributed by atoms with Crippen LogP contribution in [0.15, 0.2) is 11.6 Å². The highest BCUT2D eigenvalue weighted by Crippen LogP contribution is 2.19. The summed E-state index contributed by atoms with van der Waals surface area (Å²) in [6, 6.07) is -0.0524. The summed E-state index contributed by atoms with van der Waals surface area (Å²) in [5.74, 6) is -0.860. The minimum atomic E-state index is -0.860. The van der Waals surface area contributed by atoms with Crippen molar-refractivity contribution in [3.05, 3.63) is 11.6 Å². The molecule has 2 aliphatic rings. The van der Waals surface area contributed by atoms with E-state index in [0.29, 0.717) is 32.8 Å². The van der Waals surface area contributed by atoms with Gasteiger partial charge in [-0.15, -0.1) is 0 Å². The van der Waals surface area contributed by atoms with E-state index in [2.05, 4.69) is 11.4 Å². The quantitative estimate of drug-likeness (QED) is 0.681. The predicted molar refractivity (Wildman–Crippen MR) is 95.6 cm³/mol. The highest BCUT2D eigenvalue weighted by molar-refractivity contribution is 5.74. The maximum absolute atomic E-state index is 12.3. The SMILES string of the molecule is CN(CC(=O)O)CC1CN(C(=O)NCCC2=CCCCCC2)CCO1. The average molecular weight is 353 g/mol. The highest BCUT2D eigenvalue weighted by atomic mass is 16.5. The summed E-state index contributed by atoms with van der Waals surface area (Å²) >= 11 is 0. The molecule has 0 spiro atoms. The second-order valence-electron chi connectivity index (χ2n) is 6.97. The van der Waals surface area contributed by atoms with Crippen molar-refractivity contribution in [1.82, 2.24) is 15.1 Å². The Morgan fingerprint density at radius 2 is 2.24 bits per heavy atom. The van der Waals surface area contributed by atoms with Gasteiger partial charge >= 0.3 is 12.0 Å². The molecule has 1 saturated heterocycles. The van der Waals surface area contributed by atoms with E-state index in [-0.39, 0.29) is 18.7 Å². The van der Waals surface area contributed by atoms with Crippen LogP contribution in [0.5, 0.6) is 0 Å². The van der Waals surface area contributed by atoms with Gasteiger partial charge in [0.2, 0.25) is 0 Å². The second kappa shape index (κ2) is 10.4. The van der Waals surface area contributed by atoms with Gasteiger partial charge in [-0.1, -0.05) is 18.1 Å². The summed E-state index contributed by atoms with van der Waals surface area (Å²) in [5, 5.41) is 11.8. The molecule has 7 heteroatoms. The van der Waals surface area contributed by atoms with Gasteiger partial charge in [0.15, 0.2) is 0 Å². The third kappa shape index (κ3) is 7.44. The number of carbonyl (C=O) groups is 2. The fourth-order valence-corrected chi connectivity index (χ4v) is 3.41. The van der Waals surface area contributed by atoms with Crippen molar-refractivity contribution in [2.24, 2.45) is 0 Å². The van der Waals surface area contributed by atoms with E-state index in [1.165, 1.54) is 24.8 Å². The van der Waals surface area contributed by atoms with Gasteiger partial charge in [-0.25, -0.2) is 4.79 Å². The maximum Gasteiger partial charge on any atom is 0.317 e. The van der Waals surface area contributed by atoms with Gasteiger partial charge in [0, 0.05) is 26.2 Å². The first-order valence-electron chi connectivity index (χ1n) is 9.27. The zero-order valence-electron chi connectivity index (χ0n) is 15.2. The van der Waals surface area contributed by atoms with E-state index in [4.69, 9.17) is 9.84 Å². The number of ether oxygens (including phenoxy) is 1. The Kier molecular flexibility index (Phi) is 8.21. The first kappa shape index (κ1) is 19.7. The third-order valence-electron chi connectivity index (χ3n) is 4.70. The number of aliphatic carboxylic acids is 1. The number of carboxylic acid groups (broad SMARTS) is 1. The first-order chi connectivity index (χ1) is 12.0. The van der Waals surface area contributed by atoms with Gasteiger partial charge in [-0.05, 0) is 39.2 Å². The third-order valence-corrected chi connectivity index (χ3v) is 4.70. The van der Waals surface area contributed by atoms with Crippen LogP contribution in [0.3, 0.4) is 0 Å². The van der Waals surface area contributed by atoms with Crippen LogP contribution in [0.25, 0.3) is 0 Å². The van der Waals surface area contributed by atoms with Crippen molar-refractivity contribution in [3.63, 3.8) is 0 Å². The summed E-state index contributed by atoms with van der Waals surface area (Å²) in [5.41, 5.74) is 1.47. The lowest BCUT2D eigenvalue weighted by Gasteiger charge is -2.34. The summed E-state index contributed by atoms with van der Waals surface area (Å²) < 4.78 is 5.66. The minimum absolute atomic E-state index is 0.0266. The second-order valence-corrected chi connectivity index (χ2v) is 6.97. The maximum atomic E-state index is 12.3. The molecule has 0 saturated carbocycles. The number of carboxylic acids is 1. The van der Waals surface area contributed by atoms with E-state index >= 15 is 0 Å². The molecular weight excluding hydrogens is 322 g/mol. The van der Waals surface area contributed by atoms with Gasteiger partial charge in [0.1, 0.15) is 0 Å². The van der Waals surface area contributed by atoms with Crippen LogP contribution >= 0.6 is 0 Å². The molecule has 25 heavy (non-hydrogen) atoms. The molecule has 1 aliphatic carbocycles. The number of amides is 2. The van der Waals surface area contributed by atoms with Crippen LogP contribution in [-0.2, 0) is 9.53 Å². The van der Waals surface area contributed by atoms with Crippen molar-refractivity contribution >= 4 is 12.0 Å². The van der Waals surface area contributed by atoms with Crippen LogP contribution in [0, 0.1) is 0 Å². The normalized spacial score (nSPS) is 21.6. The Hall–Kier alpha value is -1.60. The van der Waals surface area contributed by atoms with Crippen LogP contribution in [0.1, 0.15) is 38.5 Å². The smallest absolute Gasteiger partial charge is 0.317 e. The average Bonchev–Trinajstić information content (AvgIpc) is 2.83. The molecule has 142 valence electrons. The lowest BCUT2D eigenvalue weighted by atomic mass is 10.1. The van der Waals surface area contributed by atoms with E-state index in [9.17, 15) is 9.59 Å². The number of rotatable bonds is 7. The summed E-state index contributed by atoms with van der Waals surface area (Å²) in [6.07, 6.45) is 9.29. The fourth-order valence-electron chi connectivity index (χ4n) is 3.41. The van der Waals surface area contributed by atoms with Crippen LogP contribution < -0.4 is 5.32 Å². The Bertz CT molecular complexity index is 481. The molecule has 2 N–H and O–H groups in total. The van der Waals surface area contributed by atoms with Crippen molar-refractivity contribution in [2.45, 2.75) is 44.6 Å². The molecule has 0 aromatic rings. The number of likely N-dealkylation sites (N-methyl/N-ethyl adjacent to an activating group) is 1. The van der Waals surface area contributed by atoms with Crippen LogP contribution in [-0.4, -0.2) is 79.4 Å². The molecular formula is C18H31N3O4. The summed E-state index contributed by atoms with van der Waals surface area (Å²) in [7, 11) is 1.75. The van der Waals surface area contributed by atoms with Crippen molar-refractivity contribution < 1.29 is 19.4 Å². The lowest BCUT2D eigenvalue weighted by Crippen LogP contribution is -2.52. The first-order valence-corrected chi connectivity index (χ1v) is 9.27. The molecule has 7 nitrogen and oxygen atoms in total. The lowest BCUT2D eigenvalue weighted by molar-refractivity contribution is -0.138. The molecule has 1 fully saturated rings. The van der Waals surface area contributed by atoms with Gasteiger partial charge < -0.3 is 20.1 Å². The molecule has 0 aromatic heterocycles. The molecule has 0 bridgehead atoms. The predicted octanol–water partition coefficient (Wildman–Crippen LogP) is 1.69. The van der Waals surface area contributed by atoms with Gasteiger partial charge in [-0.3, -0.25) is 9.69 Å². The van der Waals surface area contributed by atoms with Crippen molar-refractivity contribution in [1.29, 1.82) is 0 Å². The summed E-state index contributed by atoms with van der Waals surface area (Å²) in [6.45, 7) is 2.71. The fraction of sp³-hybridized carbons (Fsp3) is 0.778. The Balaban J connectivity index is 1.69. The van der Waals surface area contributed by atoms with Crippen molar-refractivity contribution in [3.8, 4) is 0 Å². The zero-order chi connectivity index (χ0) is 18.1. The number of morpholine rings is 1. The minimum Gasteiger partial charge on any atom is -0.480 e. The van der Waals surface area contributed by atoms with Crippen LogP contribution in [0.2, 0.25) is 0 Å². The molecule has 0 aromatic carbocycles. The van der Waals surface area contributed by atoms with Crippen molar-refractivity contribution in [2.75, 3.05) is 46.4 Å². The topological polar surface area (TPSA) is 82.1 Å². The van der Waals surface area contributed by atoms with E-state index in [1.807, 2.05) is 0 Å². The zero-order valence-corrected chi connectivity index (χ0v) is 15.2. The van der Waals surface area contributed by atoms with E-state index < -0.39 is 5.97 Å². The number of nitrogens with one attached hydrogen (secondary N) is 1. The molecule has 2 amide bonds. The highest BCUT2D eigenvalue weighted by Gasteiger charge is 2.25. The Morgan fingerprint density at radius 3 is 3.04 bits per heavy atom. The molecule has 1 heterocycles.